The van der Waals surface area contributed by atoms with Gasteiger partial charge in [-0.15, -0.1) is 0 Å². The molecule has 0 aliphatic rings. The summed E-state index contributed by atoms with van der Waals surface area (Å²) in [5.74, 6) is -3.29. The maximum Gasteiger partial charge on any atom is 0.326 e. The van der Waals surface area contributed by atoms with Crippen molar-refractivity contribution in [2.75, 3.05) is 18.6 Å². The van der Waals surface area contributed by atoms with Gasteiger partial charge in [-0.05, 0) is 32.3 Å². The van der Waals surface area contributed by atoms with Crippen LogP contribution in [0.5, 0.6) is 0 Å². The van der Waals surface area contributed by atoms with Crippen molar-refractivity contribution in [1.82, 2.24) is 16.0 Å². The van der Waals surface area contributed by atoms with E-state index in [4.69, 9.17) is 5.73 Å². The van der Waals surface area contributed by atoms with Crippen LogP contribution in [0.4, 0.5) is 0 Å². The second-order valence-electron chi connectivity index (χ2n) is 5.90. The topological polar surface area (TPSA) is 191 Å². The summed E-state index contributed by atoms with van der Waals surface area (Å²) in [7, 11) is 0. The van der Waals surface area contributed by atoms with E-state index in [1.165, 1.54) is 25.6 Å². The van der Waals surface area contributed by atoms with Gasteiger partial charge in [0.25, 0.3) is 0 Å². The molecule has 0 aromatic carbocycles. The van der Waals surface area contributed by atoms with Gasteiger partial charge in [0.15, 0.2) is 0 Å². The van der Waals surface area contributed by atoms with E-state index in [0.717, 1.165) is 0 Å². The van der Waals surface area contributed by atoms with E-state index in [-0.39, 0.29) is 6.42 Å². The molecule has 156 valence electrons. The Morgan fingerprint density at radius 2 is 1.44 bits per heavy atom. The van der Waals surface area contributed by atoms with Crippen molar-refractivity contribution < 1.29 is 34.5 Å². The van der Waals surface area contributed by atoms with Gasteiger partial charge in [-0.3, -0.25) is 14.4 Å². The lowest BCUT2D eigenvalue weighted by atomic mass is 10.1. The Bertz CT molecular complexity index is 530. The second-order valence-corrected chi connectivity index (χ2v) is 6.88. The number of hydrogen-bond donors (Lipinski definition) is 7. The van der Waals surface area contributed by atoms with E-state index in [9.17, 15) is 34.5 Å². The molecule has 11 nitrogen and oxygen atoms in total. The first-order valence-electron chi connectivity index (χ1n) is 8.23. The third kappa shape index (κ3) is 9.04. The zero-order valence-corrected chi connectivity index (χ0v) is 16.3. The predicted molar refractivity (Wildman–Crippen MR) is 98.8 cm³/mol. The van der Waals surface area contributed by atoms with Crippen LogP contribution in [0, 0.1) is 0 Å². The van der Waals surface area contributed by atoms with Crippen molar-refractivity contribution >= 4 is 35.5 Å². The Labute approximate surface area is 161 Å². The lowest BCUT2D eigenvalue weighted by Crippen LogP contribution is -2.61. The quantitative estimate of drug-likeness (QED) is 0.176. The molecule has 27 heavy (non-hydrogen) atoms. The summed E-state index contributed by atoms with van der Waals surface area (Å²) in [5, 5.41) is 35.3. The van der Waals surface area contributed by atoms with Crippen LogP contribution < -0.4 is 21.7 Å². The number of carbonyl (C=O) groups is 4. The smallest absolute Gasteiger partial charge is 0.326 e. The fourth-order valence-corrected chi connectivity index (χ4v) is 2.51. The van der Waals surface area contributed by atoms with Gasteiger partial charge in [0.05, 0.1) is 18.8 Å². The molecule has 0 aliphatic heterocycles. The van der Waals surface area contributed by atoms with Crippen LogP contribution in [0.3, 0.4) is 0 Å². The first-order chi connectivity index (χ1) is 12.5. The molecule has 0 saturated heterocycles. The van der Waals surface area contributed by atoms with E-state index < -0.39 is 60.6 Å². The number of rotatable bonds is 12. The minimum Gasteiger partial charge on any atom is -0.480 e. The lowest BCUT2D eigenvalue weighted by Gasteiger charge is -2.26. The number of aliphatic hydroxyl groups is 2. The number of nitrogens with two attached hydrogens (primary N) is 1. The molecule has 0 fully saturated rings. The van der Waals surface area contributed by atoms with Crippen molar-refractivity contribution in [2.24, 2.45) is 5.73 Å². The number of aliphatic carboxylic acids is 1. The number of thioether (sulfide) groups is 1. The summed E-state index contributed by atoms with van der Waals surface area (Å²) in [6, 6.07) is -4.07. The molecule has 0 saturated carbocycles. The molecule has 5 unspecified atom stereocenters. The first-order valence-corrected chi connectivity index (χ1v) is 9.62. The number of carboxylic acids is 1. The molecule has 0 heterocycles. The summed E-state index contributed by atoms with van der Waals surface area (Å²) in [4.78, 5) is 47.3. The van der Waals surface area contributed by atoms with Gasteiger partial charge in [0.1, 0.15) is 18.1 Å². The zero-order chi connectivity index (χ0) is 21.1. The van der Waals surface area contributed by atoms with Crippen LogP contribution in [0.25, 0.3) is 0 Å². The van der Waals surface area contributed by atoms with Gasteiger partial charge in [0.2, 0.25) is 17.7 Å². The Morgan fingerprint density at radius 1 is 0.963 bits per heavy atom. The van der Waals surface area contributed by atoms with Crippen LogP contribution in [-0.4, -0.2) is 87.9 Å². The summed E-state index contributed by atoms with van der Waals surface area (Å²) in [6.07, 6.45) is -0.716. The highest BCUT2D eigenvalue weighted by Crippen LogP contribution is 2.04. The van der Waals surface area contributed by atoms with Gasteiger partial charge in [-0.1, -0.05) is 0 Å². The van der Waals surface area contributed by atoms with Crippen molar-refractivity contribution in [3.05, 3.63) is 0 Å². The van der Waals surface area contributed by atoms with Crippen LogP contribution in [0.2, 0.25) is 0 Å². The summed E-state index contributed by atoms with van der Waals surface area (Å²) in [5.41, 5.74) is 5.15. The molecule has 0 aromatic heterocycles. The molecule has 0 aliphatic carbocycles. The molecule has 0 rings (SSSR count). The molecule has 5 atom stereocenters. The van der Waals surface area contributed by atoms with Gasteiger partial charge >= 0.3 is 5.97 Å². The number of amides is 3. The number of carboxylic acid groups (broad SMARTS) is 1. The third-order valence-electron chi connectivity index (χ3n) is 3.55. The molecular formula is C15H28N4O7S. The highest BCUT2D eigenvalue weighted by atomic mass is 32.2. The minimum atomic E-state index is -1.48. The first kappa shape index (κ1) is 25.1. The largest absolute Gasteiger partial charge is 0.480 e. The fourth-order valence-electron chi connectivity index (χ4n) is 2.04. The highest BCUT2D eigenvalue weighted by Gasteiger charge is 2.33. The standard InChI is InChI=1S/C15H28N4O7S/c1-7(20)11(18-10(22)6-16)14(24)19-12(8(2)21)13(23)17-9(15(25)26)4-5-27-3/h7-9,11-12,20-21H,4-6,16H2,1-3H3,(H,17,23)(H,18,22)(H,19,24)(H,25,26). The average molecular weight is 408 g/mol. The van der Waals surface area contributed by atoms with Gasteiger partial charge in [-0.25, -0.2) is 4.79 Å². The number of aliphatic hydroxyl groups excluding tert-OH is 2. The molecule has 0 aromatic rings. The maximum absolute atomic E-state index is 12.3. The number of carbonyl (C=O) groups excluding carboxylic acids is 3. The second kappa shape index (κ2) is 12.5. The SMILES string of the molecule is CSCCC(NC(=O)C(NC(=O)C(NC(=O)CN)C(C)O)C(C)O)C(=O)O. The Morgan fingerprint density at radius 3 is 1.85 bits per heavy atom. The van der Waals surface area contributed by atoms with E-state index in [1.807, 2.05) is 0 Å². The van der Waals surface area contributed by atoms with Crippen molar-refractivity contribution in [1.29, 1.82) is 0 Å². The van der Waals surface area contributed by atoms with E-state index in [0.29, 0.717) is 5.75 Å². The molecule has 0 bridgehead atoms. The summed E-state index contributed by atoms with van der Waals surface area (Å²) in [6.45, 7) is 2.08. The maximum atomic E-state index is 12.3. The van der Waals surface area contributed by atoms with Crippen LogP contribution in [-0.2, 0) is 19.2 Å². The van der Waals surface area contributed by atoms with Crippen molar-refractivity contribution in [3.8, 4) is 0 Å². The Kier molecular flexibility index (Phi) is 11.6. The fraction of sp³-hybridized carbons (Fsp3) is 0.733. The highest BCUT2D eigenvalue weighted by molar-refractivity contribution is 7.98. The van der Waals surface area contributed by atoms with Gasteiger partial charge in [-0.2, -0.15) is 11.8 Å². The Balaban J connectivity index is 5.18. The Hall–Kier alpha value is -1.89. The van der Waals surface area contributed by atoms with Crippen LogP contribution in [0.1, 0.15) is 20.3 Å². The lowest BCUT2D eigenvalue weighted by molar-refractivity contribution is -0.143. The van der Waals surface area contributed by atoms with E-state index in [1.54, 1.807) is 6.26 Å². The van der Waals surface area contributed by atoms with Crippen molar-refractivity contribution in [3.63, 3.8) is 0 Å². The third-order valence-corrected chi connectivity index (χ3v) is 4.20. The monoisotopic (exact) mass is 408 g/mol. The zero-order valence-electron chi connectivity index (χ0n) is 15.5. The van der Waals surface area contributed by atoms with Crippen molar-refractivity contribution in [2.45, 2.75) is 50.6 Å². The molecule has 8 N–H and O–H groups in total. The number of nitrogens with one attached hydrogen (secondary N) is 3. The summed E-state index contributed by atoms with van der Waals surface area (Å²) < 4.78 is 0. The van der Waals surface area contributed by atoms with E-state index in [2.05, 4.69) is 16.0 Å². The molecule has 0 radical (unpaired) electrons. The number of hydrogen-bond acceptors (Lipinski definition) is 8. The molecule has 3 amide bonds. The molecular weight excluding hydrogens is 380 g/mol. The van der Waals surface area contributed by atoms with Gasteiger partial charge < -0.3 is 37.0 Å². The van der Waals surface area contributed by atoms with Crippen LogP contribution in [0.15, 0.2) is 0 Å². The minimum absolute atomic E-state index is 0.158. The summed E-state index contributed by atoms with van der Waals surface area (Å²) >= 11 is 1.40. The molecule has 0 spiro atoms. The predicted octanol–water partition coefficient (Wildman–Crippen LogP) is -3.00. The van der Waals surface area contributed by atoms with E-state index >= 15 is 0 Å². The average Bonchev–Trinajstić information content (AvgIpc) is 2.59. The van der Waals surface area contributed by atoms with Crippen LogP contribution >= 0.6 is 11.8 Å². The molecule has 12 heteroatoms. The normalized spacial score (nSPS) is 16.4. The van der Waals surface area contributed by atoms with Gasteiger partial charge in [0, 0.05) is 0 Å².